The molecule has 0 aliphatic carbocycles. The highest BCUT2D eigenvalue weighted by atomic mass is 16.4. The van der Waals surface area contributed by atoms with Crippen molar-refractivity contribution in [3.05, 3.63) is 65.7 Å². The number of carboxylic acids is 5. The average Bonchev–Trinajstić information content (AvgIpc) is 0.856. The number of rotatable bonds is 61. The summed E-state index contributed by atoms with van der Waals surface area (Å²) in [5.41, 5.74) is 10.1. The van der Waals surface area contributed by atoms with Crippen molar-refractivity contribution in [1.82, 2.24) is 90.4 Å². The molecule has 53 nitrogen and oxygen atoms in total. The number of aliphatic hydroxyl groups excluding tert-OH is 5. The van der Waals surface area contributed by atoms with Crippen molar-refractivity contribution in [3.8, 4) is 5.75 Å². The molecule has 0 saturated carbocycles. The molecule has 53 heteroatoms. The lowest BCUT2D eigenvalue weighted by Crippen LogP contribution is -2.63. The normalized spacial score (nSPS) is 15.2. The summed E-state index contributed by atoms with van der Waals surface area (Å²) in [5, 5.41) is 148. The third kappa shape index (κ3) is 42.9. The summed E-state index contributed by atoms with van der Waals surface area (Å²) in [4.78, 5) is 306. The molecule has 18 amide bonds. The number of amides is 18. The van der Waals surface area contributed by atoms with Crippen LogP contribution in [0.2, 0.25) is 0 Å². The fourth-order valence-corrected chi connectivity index (χ4v) is 12.2. The van der Waals surface area contributed by atoms with Gasteiger partial charge in [0.15, 0.2) is 0 Å². The number of hydrogen-bond acceptors (Lipinski definition) is 30. The number of primary amides is 1. The van der Waals surface area contributed by atoms with Gasteiger partial charge in [-0.05, 0) is 109 Å². The maximum absolute atomic E-state index is 14.6. The Hall–Kier alpha value is -14.2. The van der Waals surface area contributed by atoms with Gasteiger partial charge in [0.25, 0.3) is 0 Å². The van der Waals surface area contributed by atoms with Crippen molar-refractivity contribution in [1.29, 1.82) is 0 Å². The first-order chi connectivity index (χ1) is 62.9. The van der Waals surface area contributed by atoms with Crippen LogP contribution in [0.5, 0.6) is 5.75 Å². The molecule has 2 rings (SSSR count). The van der Waals surface area contributed by atoms with Crippen molar-refractivity contribution in [3.63, 3.8) is 0 Å². The van der Waals surface area contributed by atoms with E-state index in [1.807, 2.05) is 10.6 Å². The minimum absolute atomic E-state index is 0.187. The molecule has 0 aliphatic rings. The summed E-state index contributed by atoms with van der Waals surface area (Å²) in [6.07, 6.45) is -11.7. The predicted octanol–water partition coefficient (Wildman–Crippen LogP) is -11.3. The van der Waals surface area contributed by atoms with Gasteiger partial charge in [0.1, 0.15) is 102 Å². The quantitative estimate of drug-likeness (QED) is 0.0292. The summed E-state index contributed by atoms with van der Waals surface area (Å²) in [6.45, 7) is 7.69. The molecule has 0 saturated heterocycles. The smallest absolute Gasteiger partial charge is 0.325 e. The number of aliphatic hydroxyl groups is 5. The molecule has 0 radical (unpaired) electrons. The molecule has 0 aliphatic heterocycles. The van der Waals surface area contributed by atoms with Gasteiger partial charge in [-0.1, -0.05) is 70.2 Å². The van der Waals surface area contributed by atoms with Gasteiger partial charge in [0.2, 0.25) is 106 Å². The van der Waals surface area contributed by atoms with E-state index in [0.717, 1.165) is 27.7 Å². The highest BCUT2D eigenvalue weighted by Gasteiger charge is 2.41. The zero-order valence-corrected chi connectivity index (χ0v) is 75.5. The van der Waals surface area contributed by atoms with Crippen LogP contribution in [0.25, 0.3) is 0 Å². The molecule has 2 aromatic rings. The molecule has 0 unspecified atom stereocenters. The van der Waals surface area contributed by atoms with Crippen molar-refractivity contribution in [2.24, 2.45) is 23.3 Å². The van der Waals surface area contributed by atoms with E-state index in [2.05, 4.69) is 79.8 Å². The Morgan fingerprint density at radius 1 is 0.341 bits per heavy atom. The van der Waals surface area contributed by atoms with E-state index in [1.54, 1.807) is 19.9 Å². The van der Waals surface area contributed by atoms with Crippen molar-refractivity contribution >= 4 is 136 Å². The van der Waals surface area contributed by atoms with E-state index in [0.29, 0.717) is 5.56 Å². The maximum Gasteiger partial charge on any atom is 0.325 e. The fraction of sp³-hybridized carbons (Fsp3) is 0.573. The number of carbonyl (C=O) groups excluding carboxylic acids is 18. The zero-order chi connectivity index (χ0) is 103. The highest BCUT2D eigenvalue weighted by Crippen LogP contribution is 2.17. The van der Waals surface area contributed by atoms with Gasteiger partial charge in [0.05, 0.1) is 50.5 Å². The van der Waals surface area contributed by atoms with Gasteiger partial charge >= 0.3 is 29.8 Å². The van der Waals surface area contributed by atoms with Crippen LogP contribution in [0.15, 0.2) is 54.6 Å². The number of aromatic hydroxyl groups is 1. The van der Waals surface area contributed by atoms with Gasteiger partial charge in [-0.3, -0.25) is 110 Å². The van der Waals surface area contributed by atoms with Gasteiger partial charge in [-0.15, -0.1) is 0 Å². The zero-order valence-electron chi connectivity index (χ0n) is 75.5. The molecular weight excluding hydrogens is 1800 g/mol. The van der Waals surface area contributed by atoms with Gasteiger partial charge in [0, 0.05) is 38.5 Å². The molecule has 32 N–H and O–H groups in total. The van der Waals surface area contributed by atoms with Crippen LogP contribution < -0.4 is 102 Å². The van der Waals surface area contributed by atoms with E-state index >= 15 is 0 Å². The Kier molecular flexibility index (Phi) is 49.6. The third-order valence-corrected chi connectivity index (χ3v) is 19.7. The molecule has 0 spiro atoms. The monoisotopic (exact) mass is 1920 g/mol. The summed E-state index contributed by atoms with van der Waals surface area (Å²) >= 11 is 0. The molecule has 135 heavy (non-hydrogen) atoms. The number of hydrogen-bond donors (Lipinski definition) is 30. The lowest BCUT2D eigenvalue weighted by atomic mass is 10.00. The first kappa shape index (κ1) is 117. The summed E-state index contributed by atoms with van der Waals surface area (Å²) < 4.78 is 0. The Morgan fingerprint density at radius 3 is 1.07 bits per heavy atom. The number of aliphatic carboxylic acids is 5. The van der Waals surface area contributed by atoms with Crippen LogP contribution in [0, 0.1) is 11.8 Å². The number of carbonyl (C=O) groups is 23. The molecule has 18 atom stereocenters. The van der Waals surface area contributed by atoms with Crippen molar-refractivity contribution < 1.29 is 166 Å². The molecule has 0 bridgehead atoms. The van der Waals surface area contributed by atoms with Crippen LogP contribution in [0.4, 0.5) is 0 Å². The number of benzene rings is 2. The lowest BCUT2D eigenvalue weighted by molar-refractivity contribution is -0.142. The second-order valence-corrected chi connectivity index (χ2v) is 32.8. The lowest BCUT2D eigenvalue weighted by Gasteiger charge is -2.29. The number of phenolic OH excluding ortho intramolecular Hbond substituents is 1. The number of nitrogens with one attached hydrogen (secondary N) is 17. The second kappa shape index (κ2) is 57.3. The van der Waals surface area contributed by atoms with Crippen LogP contribution in [-0.4, -0.2) is 333 Å². The van der Waals surface area contributed by atoms with E-state index < -0.39 is 359 Å². The topological polar surface area (TPSA) is 872 Å². The summed E-state index contributed by atoms with van der Waals surface area (Å²) in [6, 6.07) is -17.3. The Balaban J connectivity index is 2.45. The molecule has 0 fully saturated rings. The van der Waals surface area contributed by atoms with Gasteiger partial charge in [-0.25, -0.2) is 0 Å². The number of phenols is 1. The van der Waals surface area contributed by atoms with E-state index in [-0.39, 0.29) is 17.7 Å². The average molecular weight is 1920 g/mol. The molecule has 0 aromatic heterocycles. The van der Waals surface area contributed by atoms with Crippen molar-refractivity contribution in [2.45, 2.75) is 261 Å². The first-order valence-electron chi connectivity index (χ1n) is 42.2. The SMILES string of the molecule is CC(C)C[C@H](NC(=O)[C@H](Cc1ccc(O)cc1)NC(=O)[C@H](CO)NC(=O)[C@H](CO)NC(=O)[C@@H](NC(=O)[C@H](CC(=O)O)NC(=O)[C@H](CO)NC(=O)[C@@H](NC(=O)[C@H](Cc1ccccc1)NC(=O)[C@@H](NC(=O)CNC(=O)[C@H](CCC(=O)O)NC(=O)C(C)(C)N)[C@@H](C)O)[C@@H](C)O)C(C)C)C(=O)N[C@@H](CCC(=O)O)C(=O)N[C@@H](CCC(=O)O)C(=O)N[C@@H](CCC(N)=O)C(=O)N[C@@H](C)C(=O)N[C@@H](C)C(=O)O. The van der Waals surface area contributed by atoms with Crippen molar-refractivity contribution in [2.75, 3.05) is 26.4 Å². The summed E-state index contributed by atoms with van der Waals surface area (Å²) in [5.74, 6) is -31.9. The molecule has 750 valence electrons. The minimum Gasteiger partial charge on any atom is -0.508 e. The van der Waals surface area contributed by atoms with Gasteiger partial charge < -0.3 is 158 Å². The van der Waals surface area contributed by atoms with Crippen LogP contribution in [-0.2, 0) is 123 Å². The number of carboxylic acid groups (broad SMARTS) is 5. The number of nitrogens with two attached hydrogens (primary N) is 2. The standard InChI is InChI=1S/C82H123N19O34/c1-36(2)28-49(70(123)90-48(23-27-60(114)115)69(122)89-47(22-26-59(112)113)68(121)88-46(20-24-56(83)108)67(120)86-38(5)65(118)87-39(6)80(133)134)91-71(124)50(30-43-16-18-44(107)19-17-43)92-74(127)53(33-102)95-76(129)55(35-104)96-77(130)62(37(3)4)100-73(126)52(31-61(116)117)93-75(128)54(34-103)97-79(132)64(41(8)106)101-72(125)51(29-42-14-12-11-13-15-42)94-78(131)63(40(7)105)99-57(109)32-85-66(119)45(21-25-58(110)111)98-81(135)82(9,10)84/h11-19,36-41,45-55,62-64,102-107H,20-35,84H2,1-10H3,(H2,83,108)(H,85,119)(H,86,120)(H,87,118)(H,88,121)(H,89,122)(H,90,123)(H,91,124)(H,92,127)(H,93,128)(H,94,131)(H,95,129)(H,96,130)(H,97,132)(H,98,135)(H,99,109)(H,100,126)(H,101,125)(H,110,111)(H,112,113)(H,114,115)(H,116,117)(H,133,134)/t38-,39-,40+,41+,45-,46-,47-,48-,49-,50-,51-,52-,53-,54-,55-,62-,63-,64-/m0/s1. The molecular formula is C82H123N19O34. The first-order valence-corrected chi connectivity index (χ1v) is 42.2. The second-order valence-electron chi connectivity index (χ2n) is 32.8. The minimum atomic E-state index is -2.22. The summed E-state index contributed by atoms with van der Waals surface area (Å²) in [7, 11) is 0. The van der Waals surface area contributed by atoms with E-state index in [1.165, 1.54) is 76.2 Å². The predicted molar refractivity (Wildman–Crippen MR) is 463 cm³/mol. The molecule has 0 heterocycles. The van der Waals surface area contributed by atoms with E-state index in [4.69, 9.17) is 11.5 Å². The van der Waals surface area contributed by atoms with Crippen LogP contribution >= 0.6 is 0 Å². The van der Waals surface area contributed by atoms with Crippen LogP contribution in [0.1, 0.15) is 145 Å². The Morgan fingerprint density at radius 2 is 0.667 bits per heavy atom. The maximum atomic E-state index is 14.6. The van der Waals surface area contributed by atoms with E-state index in [9.17, 15) is 166 Å². The third-order valence-electron chi connectivity index (χ3n) is 19.7. The van der Waals surface area contributed by atoms with Gasteiger partial charge in [-0.2, -0.15) is 0 Å². The largest absolute Gasteiger partial charge is 0.508 e. The highest BCUT2D eigenvalue weighted by molar-refractivity contribution is 6.02. The molecule has 2 aromatic carbocycles. The fourth-order valence-electron chi connectivity index (χ4n) is 12.2. The Labute approximate surface area is 772 Å². The van der Waals surface area contributed by atoms with Crippen LogP contribution in [0.3, 0.4) is 0 Å². The Bertz CT molecular complexity index is 4510.